The predicted octanol–water partition coefficient (Wildman–Crippen LogP) is 2.14. The van der Waals surface area contributed by atoms with E-state index in [1.807, 2.05) is 0 Å². The molecule has 7 heteroatoms. The van der Waals surface area contributed by atoms with E-state index in [-0.39, 0.29) is 11.9 Å². The van der Waals surface area contributed by atoms with Crippen molar-refractivity contribution in [3.05, 3.63) is 45.9 Å². The molecule has 2 rings (SSSR count). The zero-order valence-corrected chi connectivity index (χ0v) is 12.1. The number of hydrogen-bond acceptors (Lipinski definition) is 4. The Labute approximate surface area is 119 Å². The van der Waals surface area contributed by atoms with Crippen LogP contribution in [0.3, 0.4) is 0 Å². The first kappa shape index (κ1) is 14.1. The molecule has 1 aromatic carbocycles. The lowest BCUT2D eigenvalue weighted by atomic mass is 10.0. The van der Waals surface area contributed by atoms with E-state index < -0.39 is 0 Å². The molecular formula is C12H15BrFN5. The van der Waals surface area contributed by atoms with Crippen LogP contribution in [-0.2, 0) is 6.54 Å². The maximum absolute atomic E-state index is 13.1. The number of hydrogen-bond donors (Lipinski definition) is 2. The SMILES string of the molecule is CCCn1nncc1C(NN)c1ccc(F)cc1Br. The Morgan fingerprint density at radius 2 is 2.32 bits per heavy atom. The van der Waals surface area contributed by atoms with Gasteiger partial charge in [0.05, 0.1) is 17.9 Å². The number of aromatic nitrogens is 3. The first-order valence-corrected chi connectivity index (χ1v) is 6.76. The summed E-state index contributed by atoms with van der Waals surface area (Å²) in [4.78, 5) is 0. The van der Waals surface area contributed by atoms with Crippen molar-refractivity contribution in [3.8, 4) is 0 Å². The Morgan fingerprint density at radius 3 is 2.95 bits per heavy atom. The molecule has 0 fully saturated rings. The molecule has 0 aliphatic heterocycles. The van der Waals surface area contributed by atoms with Gasteiger partial charge in [0.25, 0.3) is 0 Å². The molecule has 0 amide bonds. The molecule has 0 spiro atoms. The standard InChI is InChI=1S/C12H15BrFN5/c1-2-5-19-11(7-16-18-19)12(17-15)9-4-3-8(14)6-10(9)13/h3-4,6-7,12,17H,2,5,15H2,1H3. The molecule has 2 aromatic rings. The van der Waals surface area contributed by atoms with Crippen LogP contribution in [0.4, 0.5) is 4.39 Å². The van der Waals surface area contributed by atoms with Crippen molar-refractivity contribution < 1.29 is 4.39 Å². The number of aryl methyl sites for hydroxylation is 1. The molecule has 19 heavy (non-hydrogen) atoms. The van der Waals surface area contributed by atoms with Crippen LogP contribution in [-0.4, -0.2) is 15.0 Å². The zero-order chi connectivity index (χ0) is 13.8. The molecule has 1 unspecified atom stereocenters. The highest BCUT2D eigenvalue weighted by atomic mass is 79.9. The number of halogens is 2. The first-order chi connectivity index (χ1) is 9.17. The van der Waals surface area contributed by atoms with E-state index in [4.69, 9.17) is 5.84 Å². The van der Waals surface area contributed by atoms with Gasteiger partial charge in [0, 0.05) is 11.0 Å². The lowest BCUT2D eigenvalue weighted by Crippen LogP contribution is -2.31. The minimum absolute atomic E-state index is 0.295. The Balaban J connectivity index is 2.41. The molecule has 3 N–H and O–H groups in total. The van der Waals surface area contributed by atoms with E-state index in [0.717, 1.165) is 24.2 Å². The summed E-state index contributed by atoms with van der Waals surface area (Å²) >= 11 is 3.35. The summed E-state index contributed by atoms with van der Waals surface area (Å²) < 4.78 is 15.6. The summed E-state index contributed by atoms with van der Waals surface area (Å²) in [6, 6.07) is 4.20. The smallest absolute Gasteiger partial charge is 0.124 e. The lowest BCUT2D eigenvalue weighted by Gasteiger charge is -2.18. The molecule has 5 nitrogen and oxygen atoms in total. The maximum atomic E-state index is 13.1. The van der Waals surface area contributed by atoms with Crippen molar-refractivity contribution in [3.63, 3.8) is 0 Å². The van der Waals surface area contributed by atoms with Gasteiger partial charge in [-0.1, -0.05) is 34.1 Å². The Bertz CT molecular complexity index is 557. The second-order valence-electron chi connectivity index (χ2n) is 4.15. The van der Waals surface area contributed by atoms with Crippen LogP contribution in [0, 0.1) is 5.82 Å². The van der Waals surface area contributed by atoms with Gasteiger partial charge in [-0.25, -0.2) is 14.5 Å². The van der Waals surface area contributed by atoms with Crippen LogP contribution >= 0.6 is 15.9 Å². The van der Waals surface area contributed by atoms with Crippen LogP contribution in [0.2, 0.25) is 0 Å². The predicted molar refractivity (Wildman–Crippen MR) is 73.6 cm³/mol. The number of benzene rings is 1. The number of nitrogens with zero attached hydrogens (tertiary/aromatic N) is 3. The van der Waals surface area contributed by atoms with Gasteiger partial charge >= 0.3 is 0 Å². The van der Waals surface area contributed by atoms with Gasteiger partial charge in [0.15, 0.2) is 0 Å². The second-order valence-corrected chi connectivity index (χ2v) is 5.00. The molecule has 102 valence electrons. The molecule has 0 aliphatic rings. The maximum Gasteiger partial charge on any atom is 0.124 e. The first-order valence-electron chi connectivity index (χ1n) is 5.96. The van der Waals surface area contributed by atoms with Crippen LogP contribution in [0.15, 0.2) is 28.9 Å². The molecule has 1 atom stereocenters. The normalized spacial score (nSPS) is 12.6. The fourth-order valence-corrected chi connectivity index (χ4v) is 2.52. The van der Waals surface area contributed by atoms with E-state index in [0.29, 0.717) is 4.47 Å². The summed E-state index contributed by atoms with van der Waals surface area (Å²) in [6.45, 7) is 2.82. The van der Waals surface area contributed by atoms with E-state index >= 15 is 0 Å². The third kappa shape index (κ3) is 2.99. The highest BCUT2D eigenvalue weighted by Crippen LogP contribution is 2.28. The third-order valence-electron chi connectivity index (χ3n) is 2.82. The van der Waals surface area contributed by atoms with Crippen molar-refractivity contribution in [2.24, 2.45) is 5.84 Å². The van der Waals surface area contributed by atoms with Crippen molar-refractivity contribution in [2.45, 2.75) is 25.9 Å². The van der Waals surface area contributed by atoms with Crippen molar-refractivity contribution in [2.75, 3.05) is 0 Å². The molecule has 0 saturated heterocycles. The minimum Gasteiger partial charge on any atom is -0.271 e. The summed E-state index contributed by atoms with van der Waals surface area (Å²) in [5.74, 6) is 5.34. The van der Waals surface area contributed by atoms with E-state index in [1.165, 1.54) is 12.1 Å². The molecule has 0 radical (unpaired) electrons. The van der Waals surface area contributed by atoms with Crippen molar-refractivity contribution >= 4 is 15.9 Å². The topological polar surface area (TPSA) is 68.8 Å². The van der Waals surface area contributed by atoms with Crippen molar-refractivity contribution in [1.29, 1.82) is 0 Å². The van der Waals surface area contributed by atoms with E-state index in [2.05, 4.69) is 38.6 Å². The number of rotatable bonds is 5. The number of nitrogens with one attached hydrogen (secondary N) is 1. The molecule has 0 saturated carbocycles. The average molecular weight is 328 g/mol. The van der Waals surface area contributed by atoms with Gasteiger partial charge < -0.3 is 0 Å². The molecular weight excluding hydrogens is 313 g/mol. The quantitative estimate of drug-likeness (QED) is 0.652. The monoisotopic (exact) mass is 327 g/mol. The summed E-state index contributed by atoms with van der Waals surface area (Å²) in [6.07, 6.45) is 2.61. The molecule has 1 aromatic heterocycles. The average Bonchev–Trinajstić information content (AvgIpc) is 2.82. The lowest BCUT2D eigenvalue weighted by molar-refractivity contribution is 0.510. The third-order valence-corrected chi connectivity index (χ3v) is 3.51. The minimum atomic E-state index is -0.299. The van der Waals surface area contributed by atoms with Crippen LogP contribution in [0.5, 0.6) is 0 Å². The van der Waals surface area contributed by atoms with Crippen LogP contribution in [0.25, 0.3) is 0 Å². The molecule has 1 heterocycles. The van der Waals surface area contributed by atoms with Gasteiger partial charge in [0.1, 0.15) is 5.82 Å². The number of hydrazine groups is 1. The molecule has 0 aliphatic carbocycles. The molecule has 0 bridgehead atoms. The Kier molecular flexibility index (Phi) is 4.62. The highest BCUT2D eigenvalue weighted by Gasteiger charge is 2.20. The van der Waals surface area contributed by atoms with Gasteiger partial charge in [-0.05, 0) is 24.1 Å². The van der Waals surface area contributed by atoms with E-state index in [1.54, 1.807) is 16.9 Å². The largest absolute Gasteiger partial charge is 0.271 e. The van der Waals surface area contributed by atoms with Crippen LogP contribution < -0.4 is 11.3 Å². The highest BCUT2D eigenvalue weighted by molar-refractivity contribution is 9.10. The van der Waals surface area contributed by atoms with Crippen LogP contribution in [0.1, 0.15) is 30.6 Å². The zero-order valence-electron chi connectivity index (χ0n) is 10.5. The summed E-state index contributed by atoms with van der Waals surface area (Å²) in [5, 5.41) is 7.94. The van der Waals surface area contributed by atoms with Crippen molar-refractivity contribution in [1.82, 2.24) is 20.4 Å². The van der Waals surface area contributed by atoms with Gasteiger partial charge in [-0.2, -0.15) is 0 Å². The fourth-order valence-electron chi connectivity index (χ4n) is 1.94. The van der Waals surface area contributed by atoms with E-state index in [9.17, 15) is 4.39 Å². The number of nitrogens with two attached hydrogens (primary N) is 1. The Hall–Kier alpha value is -1.31. The Morgan fingerprint density at radius 1 is 1.53 bits per heavy atom. The van der Waals surface area contributed by atoms with Gasteiger partial charge in [0.2, 0.25) is 0 Å². The van der Waals surface area contributed by atoms with Gasteiger partial charge in [-0.3, -0.25) is 5.84 Å². The van der Waals surface area contributed by atoms with Gasteiger partial charge in [-0.15, -0.1) is 5.10 Å². The fraction of sp³-hybridized carbons (Fsp3) is 0.333. The second kappa shape index (κ2) is 6.23. The summed E-state index contributed by atoms with van der Waals surface area (Å²) in [5.41, 5.74) is 4.41. The summed E-state index contributed by atoms with van der Waals surface area (Å²) in [7, 11) is 0.